The van der Waals surface area contributed by atoms with Gasteiger partial charge in [0.05, 0.1) is 33.1 Å². The third-order valence-corrected chi connectivity index (χ3v) is 7.45. The van der Waals surface area contributed by atoms with E-state index in [1.165, 1.54) is 5.56 Å². The molecule has 0 amide bonds. The molecule has 8 aromatic rings. The van der Waals surface area contributed by atoms with Crippen molar-refractivity contribution in [3.05, 3.63) is 132 Å². The fourth-order valence-corrected chi connectivity index (χ4v) is 6.01. The minimum atomic E-state index is 0.00766. The first-order valence-corrected chi connectivity index (χ1v) is 12.2. The Hall–Kier alpha value is -4.89. The average Bonchev–Trinajstić information content (AvgIpc) is 3.43. The molecule has 5 aromatic carbocycles. The van der Waals surface area contributed by atoms with Crippen LogP contribution in [0.2, 0.25) is 0 Å². The zero-order chi connectivity index (χ0) is 23.8. The fourth-order valence-electron chi connectivity index (χ4n) is 6.01. The van der Waals surface area contributed by atoms with Crippen molar-refractivity contribution in [2.75, 3.05) is 0 Å². The van der Waals surface area contributed by atoms with Gasteiger partial charge in [-0.05, 0) is 29.3 Å². The third kappa shape index (κ3) is 2.39. The summed E-state index contributed by atoms with van der Waals surface area (Å²) >= 11 is 0. The molecule has 0 saturated heterocycles. The van der Waals surface area contributed by atoms with E-state index in [-0.39, 0.29) is 5.56 Å². The van der Waals surface area contributed by atoms with Crippen LogP contribution in [0.4, 0.5) is 0 Å². The summed E-state index contributed by atoms with van der Waals surface area (Å²) in [5.74, 6) is 0. The maximum Gasteiger partial charge on any atom is 0.265 e. The molecular formula is C33H20N2O. The Morgan fingerprint density at radius 2 is 0.944 bits per heavy atom. The van der Waals surface area contributed by atoms with E-state index in [1.807, 2.05) is 40.8 Å². The van der Waals surface area contributed by atoms with Crippen molar-refractivity contribution >= 4 is 43.6 Å². The van der Waals surface area contributed by atoms with Gasteiger partial charge >= 0.3 is 0 Å². The highest BCUT2D eigenvalue weighted by atomic mass is 16.1. The molecule has 0 spiro atoms. The van der Waals surface area contributed by atoms with Crippen molar-refractivity contribution in [2.24, 2.45) is 0 Å². The van der Waals surface area contributed by atoms with E-state index < -0.39 is 0 Å². The van der Waals surface area contributed by atoms with Crippen LogP contribution in [-0.4, -0.2) is 8.80 Å². The molecule has 0 atom stereocenters. The Bertz CT molecular complexity index is 2150. The minimum Gasteiger partial charge on any atom is -0.306 e. The number of para-hydroxylation sites is 2. The number of nitrogens with zero attached hydrogens (tertiary/aromatic N) is 2. The van der Waals surface area contributed by atoms with E-state index in [9.17, 15) is 4.79 Å². The lowest BCUT2D eigenvalue weighted by atomic mass is 9.98. The monoisotopic (exact) mass is 460 g/mol. The molecular weight excluding hydrogens is 440 g/mol. The summed E-state index contributed by atoms with van der Waals surface area (Å²) in [6.45, 7) is 0. The van der Waals surface area contributed by atoms with Gasteiger partial charge in [0.15, 0.2) is 0 Å². The molecule has 0 aliphatic carbocycles. The van der Waals surface area contributed by atoms with Crippen molar-refractivity contribution < 1.29 is 0 Å². The molecule has 0 unspecified atom stereocenters. The summed E-state index contributed by atoms with van der Waals surface area (Å²) in [4.78, 5) is 14.2. The Labute approximate surface area is 206 Å². The largest absolute Gasteiger partial charge is 0.306 e. The van der Waals surface area contributed by atoms with Gasteiger partial charge in [0.2, 0.25) is 0 Å². The number of hydrogen-bond donors (Lipinski definition) is 0. The summed E-state index contributed by atoms with van der Waals surface area (Å²) < 4.78 is 4.25. The van der Waals surface area contributed by atoms with Crippen LogP contribution in [0.3, 0.4) is 0 Å². The molecule has 0 bridgehead atoms. The van der Waals surface area contributed by atoms with Gasteiger partial charge in [0.25, 0.3) is 5.56 Å². The summed E-state index contributed by atoms with van der Waals surface area (Å²) in [5.41, 5.74) is 8.45. The van der Waals surface area contributed by atoms with E-state index >= 15 is 0 Å². The molecule has 3 nitrogen and oxygen atoms in total. The lowest BCUT2D eigenvalue weighted by Gasteiger charge is -2.09. The standard InChI is InChI=1S/C33H20N2O/c36-33-25-16-8-10-18-28(25)34-30(22-13-5-2-6-14-22)29(21-11-3-1-4-12-21)26-20-19-24-23-15-7-9-17-27(23)35(33)31(24)32(26)34/h1-20H. The first-order valence-electron chi connectivity index (χ1n) is 12.2. The number of benzene rings is 5. The minimum absolute atomic E-state index is 0.00766. The van der Waals surface area contributed by atoms with Gasteiger partial charge in [-0.3, -0.25) is 9.20 Å². The predicted octanol–water partition coefficient (Wildman–Crippen LogP) is 7.78. The molecule has 0 aliphatic rings. The molecule has 0 fully saturated rings. The van der Waals surface area contributed by atoms with Gasteiger partial charge in [-0.15, -0.1) is 0 Å². The molecule has 8 rings (SSSR count). The second kappa shape index (κ2) is 7.06. The molecule has 0 radical (unpaired) electrons. The van der Waals surface area contributed by atoms with Crippen LogP contribution < -0.4 is 5.56 Å². The molecule has 3 heteroatoms. The zero-order valence-electron chi connectivity index (χ0n) is 19.3. The molecule has 0 N–H and O–H groups in total. The van der Waals surface area contributed by atoms with Crippen molar-refractivity contribution in [1.29, 1.82) is 0 Å². The van der Waals surface area contributed by atoms with Crippen LogP contribution in [0.1, 0.15) is 0 Å². The van der Waals surface area contributed by atoms with Gasteiger partial charge < -0.3 is 4.40 Å². The third-order valence-electron chi connectivity index (χ3n) is 7.45. The average molecular weight is 461 g/mol. The van der Waals surface area contributed by atoms with Crippen molar-refractivity contribution in [1.82, 2.24) is 8.80 Å². The van der Waals surface area contributed by atoms with Gasteiger partial charge in [0.1, 0.15) is 0 Å². The molecule has 36 heavy (non-hydrogen) atoms. The number of rotatable bonds is 2. The Balaban J connectivity index is 1.80. The molecule has 168 valence electrons. The zero-order valence-corrected chi connectivity index (χ0v) is 19.3. The highest BCUT2D eigenvalue weighted by Crippen LogP contribution is 2.45. The number of hydrogen-bond acceptors (Lipinski definition) is 1. The Morgan fingerprint density at radius 1 is 0.417 bits per heavy atom. The molecule has 3 aromatic heterocycles. The van der Waals surface area contributed by atoms with Gasteiger partial charge in [-0.25, -0.2) is 0 Å². The predicted molar refractivity (Wildman–Crippen MR) is 149 cm³/mol. The molecule has 3 heterocycles. The van der Waals surface area contributed by atoms with Crippen LogP contribution >= 0.6 is 0 Å². The lowest BCUT2D eigenvalue weighted by Crippen LogP contribution is -2.09. The second-order valence-corrected chi connectivity index (χ2v) is 9.32. The van der Waals surface area contributed by atoms with E-state index in [0.29, 0.717) is 5.39 Å². The van der Waals surface area contributed by atoms with Crippen LogP contribution in [0, 0.1) is 0 Å². The maximum absolute atomic E-state index is 14.2. The van der Waals surface area contributed by atoms with E-state index in [0.717, 1.165) is 55.0 Å². The first-order chi connectivity index (χ1) is 17.8. The van der Waals surface area contributed by atoms with Crippen LogP contribution in [0.25, 0.3) is 66.0 Å². The SMILES string of the molecule is O=c1c2ccccc2n2c(-c3ccccc3)c(-c3ccccc3)c3ccc4c5ccccc5n1c4c32. The summed E-state index contributed by atoms with van der Waals surface area (Å²) in [7, 11) is 0. The maximum atomic E-state index is 14.2. The lowest BCUT2D eigenvalue weighted by molar-refractivity contribution is 1.21. The van der Waals surface area contributed by atoms with E-state index in [4.69, 9.17) is 0 Å². The van der Waals surface area contributed by atoms with Gasteiger partial charge in [-0.2, -0.15) is 0 Å². The highest BCUT2D eigenvalue weighted by molar-refractivity contribution is 6.22. The van der Waals surface area contributed by atoms with Crippen LogP contribution in [0.15, 0.2) is 126 Å². The fraction of sp³-hybridized carbons (Fsp3) is 0. The van der Waals surface area contributed by atoms with Crippen LogP contribution in [0.5, 0.6) is 0 Å². The van der Waals surface area contributed by atoms with E-state index in [2.05, 4.69) is 89.3 Å². The second-order valence-electron chi connectivity index (χ2n) is 9.32. The Morgan fingerprint density at radius 3 is 1.67 bits per heavy atom. The number of aromatic nitrogens is 2. The Kier molecular flexibility index (Phi) is 3.81. The summed E-state index contributed by atoms with van der Waals surface area (Å²) in [6.07, 6.45) is 0. The van der Waals surface area contributed by atoms with Crippen LogP contribution in [-0.2, 0) is 0 Å². The molecule has 0 aliphatic heterocycles. The highest BCUT2D eigenvalue weighted by Gasteiger charge is 2.25. The quantitative estimate of drug-likeness (QED) is 0.259. The summed E-state index contributed by atoms with van der Waals surface area (Å²) in [5, 5.41) is 4.03. The van der Waals surface area contributed by atoms with Crippen molar-refractivity contribution in [2.45, 2.75) is 0 Å². The van der Waals surface area contributed by atoms with Crippen molar-refractivity contribution in [3.8, 4) is 22.4 Å². The topological polar surface area (TPSA) is 25.9 Å². The van der Waals surface area contributed by atoms with Gasteiger partial charge in [0, 0.05) is 21.7 Å². The van der Waals surface area contributed by atoms with E-state index in [1.54, 1.807) is 0 Å². The smallest absolute Gasteiger partial charge is 0.265 e. The normalized spacial score (nSPS) is 12.0. The summed E-state index contributed by atoms with van der Waals surface area (Å²) in [6, 6.07) is 41.7. The first kappa shape index (κ1) is 19.4. The van der Waals surface area contributed by atoms with Crippen molar-refractivity contribution in [3.63, 3.8) is 0 Å². The number of fused-ring (bicyclic) bond motifs is 5. The molecule has 0 saturated carbocycles. The van der Waals surface area contributed by atoms with Gasteiger partial charge in [-0.1, -0.05) is 103 Å².